The van der Waals surface area contributed by atoms with E-state index >= 15 is 0 Å². The van der Waals surface area contributed by atoms with Gasteiger partial charge in [-0.25, -0.2) is 8.42 Å². The van der Waals surface area contributed by atoms with Crippen LogP contribution in [0.3, 0.4) is 0 Å². The fraction of sp³-hybridized carbons (Fsp3) is 0.318. The highest BCUT2D eigenvalue weighted by molar-refractivity contribution is 7.99. The summed E-state index contributed by atoms with van der Waals surface area (Å²) in [6.45, 7) is 3.02. The van der Waals surface area contributed by atoms with Crippen LogP contribution in [0.2, 0.25) is 0 Å². The maximum atomic E-state index is 12.6. The molecule has 1 aromatic heterocycles. The van der Waals surface area contributed by atoms with Gasteiger partial charge in [0.15, 0.2) is 5.16 Å². The molecule has 1 aliphatic heterocycles. The summed E-state index contributed by atoms with van der Waals surface area (Å²) in [6.07, 6.45) is 2.08. The summed E-state index contributed by atoms with van der Waals surface area (Å²) in [4.78, 5) is 12.6. The number of para-hydroxylation sites is 1. The van der Waals surface area contributed by atoms with Gasteiger partial charge in [0.05, 0.1) is 4.90 Å². The topological polar surface area (TPSA) is 97.2 Å². The van der Waals surface area contributed by atoms with Crippen LogP contribution in [0.15, 0.2) is 64.6 Å². The van der Waals surface area contributed by atoms with Crippen LogP contribution in [0.25, 0.3) is 5.69 Å². The zero-order valence-corrected chi connectivity index (χ0v) is 19.4. The van der Waals surface area contributed by atoms with Crippen LogP contribution >= 0.6 is 11.8 Å². The molecule has 0 atom stereocenters. The average Bonchev–Trinajstić information content (AvgIpc) is 3.46. The van der Waals surface area contributed by atoms with Gasteiger partial charge in [0.1, 0.15) is 5.82 Å². The summed E-state index contributed by atoms with van der Waals surface area (Å²) < 4.78 is 28.7. The van der Waals surface area contributed by atoms with Crippen LogP contribution in [0, 0.1) is 6.92 Å². The lowest BCUT2D eigenvalue weighted by molar-refractivity contribution is -0.115. The van der Waals surface area contributed by atoms with E-state index in [4.69, 9.17) is 0 Å². The first-order chi connectivity index (χ1) is 15.4. The van der Waals surface area contributed by atoms with Gasteiger partial charge in [-0.05, 0) is 56.2 Å². The van der Waals surface area contributed by atoms with Gasteiger partial charge in [-0.3, -0.25) is 9.36 Å². The molecule has 32 heavy (non-hydrogen) atoms. The van der Waals surface area contributed by atoms with Crippen molar-refractivity contribution in [3.63, 3.8) is 0 Å². The normalized spacial score (nSPS) is 14.5. The van der Waals surface area contributed by atoms with Gasteiger partial charge < -0.3 is 5.32 Å². The highest BCUT2D eigenvalue weighted by atomic mass is 32.2. The van der Waals surface area contributed by atoms with Crippen molar-refractivity contribution in [2.45, 2.75) is 36.2 Å². The molecule has 0 spiro atoms. The number of sulfonamides is 1. The van der Waals surface area contributed by atoms with Crippen LogP contribution in [0.4, 0.5) is 5.69 Å². The third-order valence-corrected chi connectivity index (χ3v) is 8.05. The number of rotatable bonds is 8. The molecular formula is C22H25N5O3S2. The van der Waals surface area contributed by atoms with Gasteiger partial charge >= 0.3 is 0 Å². The first kappa shape index (κ1) is 22.5. The molecule has 0 saturated carbocycles. The van der Waals surface area contributed by atoms with Crippen LogP contribution in [0.1, 0.15) is 25.1 Å². The highest BCUT2D eigenvalue weighted by Crippen LogP contribution is 2.24. The monoisotopic (exact) mass is 471 g/mol. The number of hydrogen-bond donors (Lipinski definition) is 1. The van der Waals surface area contributed by atoms with E-state index in [1.165, 1.54) is 16.1 Å². The number of aryl methyl sites for hydroxylation is 1. The zero-order chi connectivity index (χ0) is 22.6. The lowest BCUT2D eigenvalue weighted by Crippen LogP contribution is -2.27. The number of carbonyl (C=O) groups is 1. The summed E-state index contributed by atoms with van der Waals surface area (Å²) in [7, 11) is -3.45. The van der Waals surface area contributed by atoms with E-state index in [0.29, 0.717) is 31.0 Å². The fourth-order valence-electron chi connectivity index (χ4n) is 3.56. The number of benzene rings is 2. The van der Waals surface area contributed by atoms with Crippen molar-refractivity contribution in [2.24, 2.45) is 0 Å². The van der Waals surface area contributed by atoms with Crippen molar-refractivity contribution >= 4 is 33.4 Å². The van der Waals surface area contributed by atoms with E-state index < -0.39 is 10.0 Å². The lowest BCUT2D eigenvalue weighted by atomic mass is 10.3. The molecule has 0 unspecified atom stereocenters. The van der Waals surface area contributed by atoms with Crippen LogP contribution in [0.5, 0.6) is 0 Å². The fourth-order valence-corrected chi connectivity index (χ4v) is 6.01. The highest BCUT2D eigenvalue weighted by Gasteiger charge is 2.26. The molecule has 0 bridgehead atoms. The van der Waals surface area contributed by atoms with Gasteiger partial charge in [-0.2, -0.15) is 4.31 Å². The molecule has 1 aliphatic rings. The largest absolute Gasteiger partial charge is 0.326 e. The van der Waals surface area contributed by atoms with E-state index in [1.807, 2.05) is 41.8 Å². The molecule has 3 aromatic rings. The minimum Gasteiger partial charge on any atom is -0.326 e. The molecule has 2 aromatic carbocycles. The van der Waals surface area contributed by atoms with Crippen LogP contribution < -0.4 is 5.32 Å². The standard InChI is InChI=1S/C22H25N5O3S2/c1-17-24-25-22(27(17)19-7-3-2-4-8-19)31-16-13-21(28)23-18-9-11-20(12-10-18)32(29,30)26-14-5-6-15-26/h2-4,7-12H,5-6,13-16H2,1H3,(H,23,28). The van der Waals surface area contributed by atoms with Crippen molar-refractivity contribution in [1.82, 2.24) is 19.1 Å². The summed E-state index contributed by atoms with van der Waals surface area (Å²) >= 11 is 1.47. The van der Waals surface area contributed by atoms with E-state index in [2.05, 4.69) is 15.5 Å². The quantitative estimate of drug-likeness (QED) is 0.505. The van der Waals surface area contributed by atoms with Gasteiger partial charge in [-0.15, -0.1) is 10.2 Å². The third-order valence-electron chi connectivity index (χ3n) is 5.21. The molecule has 0 aliphatic carbocycles. The minimum atomic E-state index is -3.45. The molecular weight excluding hydrogens is 446 g/mol. The Morgan fingerprint density at radius 3 is 2.41 bits per heavy atom. The smallest absolute Gasteiger partial charge is 0.243 e. The Kier molecular flexibility index (Phi) is 6.92. The van der Waals surface area contributed by atoms with Gasteiger partial charge in [-0.1, -0.05) is 30.0 Å². The number of anilines is 1. The van der Waals surface area contributed by atoms with Crippen molar-refractivity contribution in [3.05, 3.63) is 60.4 Å². The molecule has 168 valence electrons. The molecule has 8 nitrogen and oxygen atoms in total. The average molecular weight is 472 g/mol. The summed E-state index contributed by atoms with van der Waals surface area (Å²) in [5.41, 5.74) is 1.55. The number of nitrogens with zero attached hydrogens (tertiary/aromatic N) is 4. The molecule has 1 amide bonds. The number of hydrogen-bond acceptors (Lipinski definition) is 6. The summed E-state index contributed by atoms with van der Waals surface area (Å²) in [6, 6.07) is 16.2. The molecule has 10 heteroatoms. The second-order valence-corrected chi connectivity index (χ2v) is 10.5. The minimum absolute atomic E-state index is 0.143. The van der Waals surface area contributed by atoms with Crippen molar-refractivity contribution in [2.75, 3.05) is 24.2 Å². The Balaban J connectivity index is 1.32. The maximum Gasteiger partial charge on any atom is 0.243 e. The van der Waals surface area contributed by atoms with E-state index in [1.54, 1.807) is 24.3 Å². The first-order valence-electron chi connectivity index (χ1n) is 10.5. The van der Waals surface area contributed by atoms with Gasteiger partial charge in [0.2, 0.25) is 15.9 Å². The number of thioether (sulfide) groups is 1. The van der Waals surface area contributed by atoms with Crippen LogP contribution in [-0.4, -0.2) is 52.2 Å². The third kappa shape index (κ3) is 5.03. The van der Waals surface area contributed by atoms with Crippen molar-refractivity contribution < 1.29 is 13.2 Å². The predicted molar refractivity (Wildman–Crippen MR) is 125 cm³/mol. The van der Waals surface area contributed by atoms with Crippen LogP contribution in [-0.2, 0) is 14.8 Å². The molecule has 1 fully saturated rings. The first-order valence-corrected chi connectivity index (χ1v) is 12.9. The van der Waals surface area contributed by atoms with E-state index in [-0.39, 0.29) is 10.8 Å². The number of carbonyl (C=O) groups excluding carboxylic acids is 1. The molecule has 4 rings (SSSR count). The maximum absolute atomic E-state index is 12.6. The predicted octanol–water partition coefficient (Wildman–Crippen LogP) is 3.48. The lowest BCUT2D eigenvalue weighted by Gasteiger charge is -2.15. The Labute approximate surface area is 192 Å². The molecule has 0 radical (unpaired) electrons. The summed E-state index contributed by atoms with van der Waals surface area (Å²) in [5.74, 6) is 1.18. The number of amides is 1. The second-order valence-electron chi connectivity index (χ2n) is 7.48. The molecule has 1 N–H and O–H groups in total. The molecule has 2 heterocycles. The Bertz CT molecular complexity index is 1170. The van der Waals surface area contributed by atoms with E-state index in [9.17, 15) is 13.2 Å². The SMILES string of the molecule is Cc1nnc(SCCC(=O)Nc2ccc(S(=O)(=O)N3CCCC3)cc2)n1-c1ccccc1. The second kappa shape index (κ2) is 9.85. The van der Waals surface area contributed by atoms with Crippen molar-refractivity contribution in [1.29, 1.82) is 0 Å². The Hall–Kier alpha value is -2.69. The Morgan fingerprint density at radius 2 is 1.72 bits per heavy atom. The molecule has 1 saturated heterocycles. The number of nitrogens with one attached hydrogen (secondary N) is 1. The van der Waals surface area contributed by atoms with Gasteiger partial charge in [0, 0.05) is 36.6 Å². The van der Waals surface area contributed by atoms with Gasteiger partial charge in [0.25, 0.3) is 0 Å². The summed E-state index contributed by atoms with van der Waals surface area (Å²) in [5, 5.41) is 11.9. The van der Waals surface area contributed by atoms with Crippen molar-refractivity contribution in [3.8, 4) is 5.69 Å². The van der Waals surface area contributed by atoms with E-state index in [0.717, 1.165) is 29.5 Å². The number of aromatic nitrogens is 3. The zero-order valence-electron chi connectivity index (χ0n) is 17.8. The Morgan fingerprint density at radius 1 is 1.03 bits per heavy atom.